The second-order valence-corrected chi connectivity index (χ2v) is 2.52. The summed E-state index contributed by atoms with van der Waals surface area (Å²) < 4.78 is 17.7. The lowest BCUT2D eigenvalue weighted by Crippen LogP contribution is -1.95. The molecule has 82 valence electrons. The Morgan fingerprint density at radius 1 is 1.29 bits per heavy atom. The summed E-state index contributed by atoms with van der Waals surface area (Å²) in [6.45, 7) is 14.5. The Morgan fingerprint density at radius 3 is 1.93 bits per heavy atom. The zero-order valence-corrected chi connectivity index (χ0v) is 9.91. The van der Waals surface area contributed by atoms with E-state index in [9.17, 15) is 4.39 Å². The van der Waals surface area contributed by atoms with E-state index < -0.39 is 5.83 Å². The van der Waals surface area contributed by atoms with Crippen LogP contribution < -0.4 is 0 Å². The molecule has 0 aliphatic rings. The number of hydrogen-bond acceptors (Lipinski definition) is 1. The number of allylic oxidation sites excluding steroid dienone is 3. The zero-order valence-electron chi connectivity index (χ0n) is 9.91. The van der Waals surface area contributed by atoms with Gasteiger partial charge in [0.25, 0.3) is 0 Å². The van der Waals surface area contributed by atoms with Crippen molar-refractivity contribution in [3.8, 4) is 0 Å². The molecule has 14 heavy (non-hydrogen) atoms. The molecule has 0 N–H and O–H groups in total. The molecule has 0 heterocycles. The van der Waals surface area contributed by atoms with Crippen LogP contribution in [0.2, 0.25) is 0 Å². The molecule has 0 rings (SSSR count). The monoisotopic (exact) mass is 200 g/mol. The van der Waals surface area contributed by atoms with Crippen molar-refractivity contribution >= 4 is 0 Å². The van der Waals surface area contributed by atoms with E-state index in [-0.39, 0.29) is 0 Å². The largest absolute Gasteiger partial charge is 0.496 e. The summed E-state index contributed by atoms with van der Waals surface area (Å²) in [6, 6.07) is 0. The standard InChI is InChI=1S/C10H15FO.C2H6/c1-6-7(2)10(12-5)8(3)9(4)11;1-2/h2,4,6H2,1,3,5H3;1-2H3/b10-8+;. The van der Waals surface area contributed by atoms with E-state index in [4.69, 9.17) is 4.74 Å². The molecule has 0 saturated heterocycles. The van der Waals surface area contributed by atoms with Gasteiger partial charge in [0.2, 0.25) is 0 Å². The first-order valence-corrected chi connectivity index (χ1v) is 4.82. The lowest BCUT2D eigenvalue weighted by Gasteiger charge is -2.10. The maximum absolute atomic E-state index is 12.7. The first-order chi connectivity index (χ1) is 6.54. The second kappa shape index (κ2) is 8.54. The number of ether oxygens (including phenoxy) is 1. The Kier molecular flexibility index (Phi) is 9.41. The van der Waals surface area contributed by atoms with Gasteiger partial charge in [0.15, 0.2) is 0 Å². The number of methoxy groups -OCH3 is 1. The average molecular weight is 200 g/mol. The van der Waals surface area contributed by atoms with Crippen LogP contribution in [0.25, 0.3) is 0 Å². The Bertz CT molecular complexity index is 226. The fourth-order valence-electron chi connectivity index (χ4n) is 0.846. The Hall–Kier alpha value is -1.05. The van der Waals surface area contributed by atoms with Crippen LogP contribution in [0, 0.1) is 0 Å². The van der Waals surface area contributed by atoms with E-state index in [2.05, 4.69) is 13.2 Å². The molecule has 0 aliphatic carbocycles. The van der Waals surface area contributed by atoms with Crippen molar-refractivity contribution in [1.29, 1.82) is 0 Å². The van der Waals surface area contributed by atoms with Gasteiger partial charge in [0.05, 0.1) is 7.11 Å². The highest BCUT2D eigenvalue weighted by Crippen LogP contribution is 2.21. The highest BCUT2D eigenvalue weighted by atomic mass is 19.1. The minimum Gasteiger partial charge on any atom is -0.496 e. The minimum absolute atomic E-state index is 0.421. The molecule has 0 saturated carbocycles. The summed E-state index contributed by atoms with van der Waals surface area (Å²) >= 11 is 0. The van der Waals surface area contributed by atoms with Crippen molar-refractivity contribution in [3.63, 3.8) is 0 Å². The van der Waals surface area contributed by atoms with Crippen LogP contribution in [0.3, 0.4) is 0 Å². The summed E-state index contributed by atoms with van der Waals surface area (Å²) in [4.78, 5) is 0. The highest BCUT2D eigenvalue weighted by molar-refractivity contribution is 5.34. The van der Waals surface area contributed by atoms with Crippen LogP contribution in [0.15, 0.2) is 35.9 Å². The van der Waals surface area contributed by atoms with Crippen LogP contribution in [0.5, 0.6) is 0 Å². The fraction of sp³-hybridized carbons (Fsp3) is 0.500. The third-order valence-corrected chi connectivity index (χ3v) is 1.70. The normalized spacial score (nSPS) is 10.7. The van der Waals surface area contributed by atoms with Crippen molar-refractivity contribution in [2.75, 3.05) is 7.11 Å². The van der Waals surface area contributed by atoms with E-state index in [1.807, 2.05) is 20.8 Å². The summed E-state index contributed by atoms with van der Waals surface area (Å²) in [5.74, 6) is 0.0338. The minimum atomic E-state index is -0.471. The summed E-state index contributed by atoms with van der Waals surface area (Å²) in [7, 11) is 1.50. The Morgan fingerprint density at radius 2 is 1.71 bits per heavy atom. The number of hydrogen-bond donors (Lipinski definition) is 0. The number of halogens is 1. The second-order valence-electron chi connectivity index (χ2n) is 2.52. The van der Waals surface area contributed by atoms with Gasteiger partial charge < -0.3 is 4.74 Å². The van der Waals surface area contributed by atoms with Crippen molar-refractivity contribution < 1.29 is 9.13 Å². The summed E-state index contributed by atoms with van der Waals surface area (Å²) in [6.07, 6.45) is 0.744. The predicted molar refractivity (Wildman–Crippen MR) is 60.7 cm³/mol. The molecular formula is C12H21FO. The molecule has 0 aromatic rings. The molecular weight excluding hydrogens is 179 g/mol. The molecule has 0 atom stereocenters. The molecule has 0 aromatic heterocycles. The lowest BCUT2D eigenvalue weighted by molar-refractivity contribution is 0.294. The van der Waals surface area contributed by atoms with Crippen molar-refractivity contribution in [1.82, 2.24) is 0 Å². The molecule has 0 aliphatic heterocycles. The van der Waals surface area contributed by atoms with Crippen LogP contribution in [-0.4, -0.2) is 7.11 Å². The molecule has 0 amide bonds. The van der Waals surface area contributed by atoms with E-state index in [1.165, 1.54) is 7.11 Å². The predicted octanol–water partition coefficient (Wildman–Crippen LogP) is 4.38. The SMILES string of the molecule is C=C(F)/C(C)=C(/OC)C(=C)CC.CC. The first kappa shape index (κ1) is 15.4. The third-order valence-electron chi connectivity index (χ3n) is 1.70. The molecule has 0 aromatic carbocycles. The van der Waals surface area contributed by atoms with E-state index >= 15 is 0 Å². The van der Waals surface area contributed by atoms with Crippen molar-refractivity contribution in [3.05, 3.63) is 35.9 Å². The van der Waals surface area contributed by atoms with Gasteiger partial charge in [0.1, 0.15) is 11.6 Å². The van der Waals surface area contributed by atoms with Gasteiger partial charge in [-0.25, -0.2) is 4.39 Å². The van der Waals surface area contributed by atoms with Crippen molar-refractivity contribution in [2.45, 2.75) is 34.1 Å². The molecule has 0 unspecified atom stereocenters. The first-order valence-electron chi connectivity index (χ1n) is 4.82. The van der Waals surface area contributed by atoms with Gasteiger partial charge in [-0.3, -0.25) is 0 Å². The van der Waals surface area contributed by atoms with Gasteiger partial charge in [0, 0.05) is 5.57 Å². The summed E-state index contributed by atoms with van der Waals surface area (Å²) in [5, 5.41) is 0. The highest BCUT2D eigenvalue weighted by Gasteiger charge is 2.07. The molecule has 1 nitrogen and oxygen atoms in total. The molecule has 2 heteroatoms. The van der Waals surface area contributed by atoms with Crippen LogP contribution in [0.4, 0.5) is 4.39 Å². The van der Waals surface area contributed by atoms with E-state index in [0.717, 1.165) is 12.0 Å². The zero-order chi connectivity index (χ0) is 11.7. The van der Waals surface area contributed by atoms with Gasteiger partial charge >= 0.3 is 0 Å². The topological polar surface area (TPSA) is 9.23 Å². The quantitative estimate of drug-likeness (QED) is 0.483. The van der Waals surface area contributed by atoms with Crippen LogP contribution >= 0.6 is 0 Å². The molecule has 0 radical (unpaired) electrons. The Labute approximate surface area is 87.0 Å². The van der Waals surface area contributed by atoms with Gasteiger partial charge in [-0.15, -0.1) is 0 Å². The van der Waals surface area contributed by atoms with Crippen LogP contribution in [-0.2, 0) is 4.74 Å². The van der Waals surface area contributed by atoms with Crippen LogP contribution in [0.1, 0.15) is 34.1 Å². The maximum Gasteiger partial charge on any atom is 0.127 e. The lowest BCUT2D eigenvalue weighted by atomic mass is 10.1. The Balaban J connectivity index is 0. The third kappa shape index (κ3) is 4.85. The van der Waals surface area contributed by atoms with Gasteiger partial charge in [-0.2, -0.15) is 0 Å². The number of rotatable bonds is 4. The average Bonchev–Trinajstić information content (AvgIpc) is 2.21. The fourth-order valence-corrected chi connectivity index (χ4v) is 0.846. The van der Waals surface area contributed by atoms with Gasteiger partial charge in [-0.05, 0) is 18.9 Å². The summed E-state index contributed by atoms with van der Waals surface area (Å²) in [5.41, 5.74) is 1.21. The van der Waals surface area contributed by atoms with Crippen molar-refractivity contribution in [2.24, 2.45) is 0 Å². The molecule has 0 fully saturated rings. The van der Waals surface area contributed by atoms with E-state index in [1.54, 1.807) is 6.92 Å². The smallest absolute Gasteiger partial charge is 0.127 e. The van der Waals surface area contributed by atoms with E-state index in [0.29, 0.717) is 11.3 Å². The molecule has 0 bridgehead atoms. The van der Waals surface area contributed by atoms with Gasteiger partial charge in [-0.1, -0.05) is 33.9 Å². The molecule has 0 spiro atoms. The maximum atomic E-state index is 12.7.